The second-order valence-corrected chi connectivity index (χ2v) is 10.3. The maximum atomic E-state index is 12.3. The number of fused-ring (bicyclic) bond motifs is 1. The number of benzene rings is 3. The molecule has 4 aromatic rings. The lowest BCUT2D eigenvalue weighted by atomic mass is 10.0. The van der Waals surface area contributed by atoms with Crippen molar-refractivity contribution in [3.8, 4) is 17.4 Å². The minimum atomic E-state index is -3.45. The van der Waals surface area contributed by atoms with Crippen LogP contribution in [0, 0.1) is 0 Å². The number of hydrogen-bond donors (Lipinski definition) is 3. The van der Waals surface area contributed by atoms with Gasteiger partial charge in [0.25, 0.3) is 0 Å². The highest BCUT2D eigenvalue weighted by atomic mass is 32.2. The normalized spacial score (nSPS) is 12.1. The third-order valence-electron chi connectivity index (χ3n) is 5.91. The fraction of sp³-hybridized carbons (Fsp3) is 0.222. The van der Waals surface area contributed by atoms with Crippen LogP contribution in [0.25, 0.3) is 10.9 Å². The molecule has 0 spiro atoms. The molecule has 3 N–H and O–H groups in total. The summed E-state index contributed by atoms with van der Waals surface area (Å²) in [6.07, 6.45) is 1.19. The van der Waals surface area contributed by atoms with Gasteiger partial charge in [-0.1, -0.05) is 30.3 Å². The van der Waals surface area contributed by atoms with E-state index in [2.05, 4.69) is 10.3 Å². The second kappa shape index (κ2) is 10.9. The summed E-state index contributed by atoms with van der Waals surface area (Å²) < 4.78 is 36.9. The number of aliphatic imine (C=N–C) groups is 1. The number of aromatic amines is 1. The van der Waals surface area contributed by atoms with Crippen molar-refractivity contribution in [3.05, 3.63) is 77.9 Å². The molecule has 0 bridgehead atoms. The van der Waals surface area contributed by atoms with Crippen molar-refractivity contribution in [3.63, 3.8) is 0 Å². The number of ether oxygens (including phenoxy) is 2. The Balaban J connectivity index is 1.85. The Morgan fingerprint density at radius 1 is 1.03 bits per heavy atom. The van der Waals surface area contributed by atoms with Crippen LogP contribution >= 0.6 is 0 Å². The van der Waals surface area contributed by atoms with Crippen LogP contribution in [0.5, 0.6) is 17.4 Å². The lowest BCUT2D eigenvalue weighted by molar-refractivity contribution is 0.356. The van der Waals surface area contributed by atoms with Crippen LogP contribution in [0.3, 0.4) is 0 Å². The van der Waals surface area contributed by atoms with Gasteiger partial charge in [-0.2, -0.15) is 0 Å². The zero-order valence-electron chi connectivity index (χ0n) is 21.1. The minimum Gasteiger partial charge on any atom is -0.494 e. The van der Waals surface area contributed by atoms with E-state index >= 15 is 0 Å². The third-order valence-corrected chi connectivity index (χ3v) is 7.10. The minimum absolute atomic E-state index is 0.0418. The number of rotatable bonds is 10. The van der Waals surface area contributed by atoms with Crippen LogP contribution in [0.15, 0.2) is 71.7 Å². The van der Waals surface area contributed by atoms with Crippen molar-refractivity contribution in [2.75, 3.05) is 44.9 Å². The number of methoxy groups -OCH3 is 2. The third kappa shape index (κ3) is 5.55. The lowest BCUT2D eigenvalue weighted by Gasteiger charge is -2.22. The summed E-state index contributed by atoms with van der Waals surface area (Å²) in [5.41, 5.74) is 3.66. The molecule has 0 atom stereocenters. The maximum absolute atomic E-state index is 12.3. The van der Waals surface area contributed by atoms with Crippen molar-refractivity contribution in [2.24, 2.45) is 4.99 Å². The van der Waals surface area contributed by atoms with Gasteiger partial charge in [-0.05, 0) is 37.4 Å². The van der Waals surface area contributed by atoms with Gasteiger partial charge in [0, 0.05) is 30.1 Å². The van der Waals surface area contributed by atoms with E-state index in [1.54, 1.807) is 57.7 Å². The molecule has 1 heterocycles. The summed E-state index contributed by atoms with van der Waals surface area (Å²) >= 11 is 0. The first kappa shape index (κ1) is 26.1. The van der Waals surface area contributed by atoms with E-state index in [0.717, 1.165) is 5.56 Å². The van der Waals surface area contributed by atoms with Crippen LogP contribution in [0.4, 0.5) is 11.4 Å². The number of anilines is 1. The number of nitrogens with zero attached hydrogens (tertiary/aromatic N) is 2. The molecule has 0 saturated carbocycles. The van der Waals surface area contributed by atoms with Crippen molar-refractivity contribution >= 4 is 38.0 Å². The van der Waals surface area contributed by atoms with Gasteiger partial charge >= 0.3 is 0 Å². The zero-order valence-corrected chi connectivity index (χ0v) is 22.0. The molecule has 0 amide bonds. The largest absolute Gasteiger partial charge is 0.494 e. The topological polar surface area (TPSA) is 116 Å². The van der Waals surface area contributed by atoms with E-state index in [0.29, 0.717) is 58.1 Å². The quantitative estimate of drug-likeness (QED) is 0.271. The van der Waals surface area contributed by atoms with Gasteiger partial charge < -0.3 is 24.9 Å². The predicted molar refractivity (Wildman–Crippen MR) is 147 cm³/mol. The van der Waals surface area contributed by atoms with Gasteiger partial charge in [0.05, 0.1) is 48.6 Å². The lowest BCUT2D eigenvalue weighted by Crippen LogP contribution is -2.35. The van der Waals surface area contributed by atoms with Crippen molar-refractivity contribution < 1.29 is 23.0 Å². The smallest absolute Gasteiger partial charge is 0.232 e. The Kier molecular flexibility index (Phi) is 7.70. The van der Waals surface area contributed by atoms with E-state index in [-0.39, 0.29) is 5.88 Å². The molecular formula is C27H30N4O5S. The van der Waals surface area contributed by atoms with Gasteiger partial charge in [-0.3, -0.25) is 4.31 Å². The van der Waals surface area contributed by atoms with Gasteiger partial charge in [0.15, 0.2) is 17.4 Å². The summed E-state index contributed by atoms with van der Waals surface area (Å²) in [7, 11) is 1.43. The number of likely N-dealkylation sites (N-methyl/N-ethyl adjacent to an activating group) is 1. The molecule has 1 aromatic heterocycles. The highest BCUT2D eigenvalue weighted by Crippen LogP contribution is 2.38. The number of hydrogen-bond acceptors (Lipinski definition) is 7. The molecule has 194 valence electrons. The molecule has 9 nitrogen and oxygen atoms in total. The summed E-state index contributed by atoms with van der Waals surface area (Å²) in [5.74, 6) is 1.01. The van der Waals surface area contributed by atoms with Crippen LogP contribution < -0.4 is 19.1 Å². The van der Waals surface area contributed by atoms with Gasteiger partial charge in [-0.25, -0.2) is 13.4 Å². The number of H-pyrrole nitrogens is 1. The molecular weight excluding hydrogens is 492 g/mol. The fourth-order valence-corrected chi connectivity index (χ4v) is 5.06. The van der Waals surface area contributed by atoms with Gasteiger partial charge in [0.1, 0.15) is 0 Å². The molecule has 0 unspecified atom stereocenters. The number of nitrogens with one attached hydrogen (secondary N) is 2. The van der Waals surface area contributed by atoms with Crippen LogP contribution in [0.1, 0.15) is 11.1 Å². The molecule has 0 fully saturated rings. The molecule has 3 aromatic carbocycles. The average molecular weight is 523 g/mol. The van der Waals surface area contributed by atoms with Gasteiger partial charge in [-0.15, -0.1) is 0 Å². The SMILES string of the molecule is CNCCN(c1ccc(N=C(c2ccccc2)c2c(O)[nH]c3cc(OC)c(OC)cc23)cc1)S(C)(=O)=O. The van der Waals surface area contributed by atoms with E-state index in [4.69, 9.17) is 14.5 Å². The Hall–Kier alpha value is -4.02. The van der Waals surface area contributed by atoms with E-state index in [1.165, 1.54) is 10.6 Å². The Labute approximate surface area is 216 Å². The highest BCUT2D eigenvalue weighted by molar-refractivity contribution is 7.92. The van der Waals surface area contributed by atoms with E-state index < -0.39 is 10.0 Å². The second-order valence-electron chi connectivity index (χ2n) is 8.38. The summed E-state index contributed by atoms with van der Waals surface area (Å²) in [6.45, 7) is 0.820. The molecule has 0 saturated heterocycles. The predicted octanol–water partition coefficient (Wildman–Crippen LogP) is 4.05. The molecule has 0 radical (unpaired) electrons. The zero-order chi connectivity index (χ0) is 26.6. The average Bonchev–Trinajstić information content (AvgIpc) is 3.21. The van der Waals surface area contributed by atoms with Crippen molar-refractivity contribution in [1.29, 1.82) is 0 Å². The highest BCUT2D eigenvalue weighted by Gasteiger charge is 2.21. The van der Waals surface area contributed by atoms with Crippen molar-refractivity contribution in [2.45, 2.75) is 0 Å². The standard InChI is InChI=1S/C27H30N4O5S/c1-28-14-15-31(37(4,33)34)20-12-10-19(11-13-20)29-26(18-8-6-5-7-9-18)25-21-16-23(35-2)24(36-3)17-22(21)30-27(25)32/h5-13,16-17,28,30,32H,14-15H2,1-4H3. The van der Waals surface area contributed by atoms with Gasteiger partial charge in [0.2, 0.25) is 10.0 Å². The van der Waals surface area contributed by atoms with Crippen LogP contribution in [-0.2, 0) is 10.0 Å². The van der Waals surface area contributed by atoms with Crippen molar-refractivity contribution in [1.82, 2.24) is 10.3 Å². The van der Waals surface area contributed by atoms with Crippen LogP contribution in [-0.4, -0.2) is 64.8 Å². The first-order chi connectivity index (χ1) is 17.8. The molecule has 0 aliphatic heterocycles. The number of aromatic hydroxyl groups is 1. The Morgan fingerprint density at radius 2 is 1.68 bits per heavy atom. The number of sulfonamides is 1. The van der Waals surface area contributed by atoms with Crippen LogP contribution in [0.2, 0.25) is 0 Å². The molecule has 4 rings (SSSR count). The first-order valence-electron chi connectivity index (χ1n) is 11.6. The molecule has 10 heteroatoms. The summed E-state index contributed by atoms with van der Waals surface area (Å²) in [6, 6.07) is 20.0. The molecule has 0 aliphatic carbocycles. The molecule has 37 heavy (non-hydrogen) atoms. The summed E-state index contributed by atoms with van der Waals surface area (Å²) in [5, 5.41) is 14.7. The fourth-order valence-electron chi connectivity index (χ4n) is 4.13. The Bertz CT molecular complexity index is 1510. The number of aromatic nitrogens is 1. The first-order valence-corrected chi connectivity index (χ1v) is 13.4. The maximum Gasteiger partial charge on any atom is 0.232 e. The Morgan fingerprint density at radius 3 is 2.27 bits per heavy atom. The monoisotopic (exact) mass is 522 g/mol. The van der Waals surface area contributed by atoms with E-state index in [1.807, 2.05) is 30.3 Å². The molecule has 0 aliphatic rings. The summed E-state index contributed by atoms with van der Waals surface area (Å²) in [4.78, 5) is 7.90. The van der Waals surface area contributed by atoms with E-state index in [9.17, 15) is 13.5 Å².